The monoisotopic (exact) mass is 375 g/mol. The molecule has 144 valence electrons. The van der Waals surface area contributed by atoms with Crippen LogP contribution in [-0.4, -0.2) is 60.4 Å². The molecule has 0 spiro atoms. The van der Waals surface area contributed by atoms with Gasteiger partial charge in [-0.2, -0.15) is 0 Å². The van der Waals surface area contributed by atoms with Crippen molar-refractivity contribution < 1.29 is 4.79 Å². The van der Waals surface area contributed by atoms with Gasteiger partial charge >= 0.3 is 0 Å². The predicted molar refractivity (Wildman–Crippen MR) is 114 cm³/mol. The number of nitrogens with zero attached hydrogens (tertiary/aromatic N) is 2. The first-order valence-corrected chi connectivity index (χ1v) is 10.9. The molecule has 0 saturated carbocycles. The van der Waals surface area contributed by atoms with E-state index < -0.39 is 0 Å². The molecule has 2 rings (SSSR count). The van der Waals surface area contributed by atoms with Gasteiger partial charge in [-0.05, 0) is 88.5 Å². The number of nitrogens with one attached hydrogen (secondary N) is 1. The highest BCUT2D eigenvalue weighted by Crippen LogP contribution is 2.15. The normalized spacial score (nSPS) is 16.1. The molecule has 1 aromatic carbocycles. The highest BCUT2D eigenvalue weighted by atomic mass is 32.2. The van der Waals surface area contributed by atoms with Crippen LogP contribution in [0.25, 0.3) is 0 Å². The molecule has 1 heterocycles. The Bertz CT molecular complexity index is 584. The molecule has 5 heteroatoms. The molecule has 1 aromatic rings. The standard InChI is InChI=1S/C21H33N3OS/c1-4-23(2)21(25)20(26-3)12-13-22-19-11-7-9-18(17-19)10-8-16-24-14-5-6-15-24/h7,9,11-13,17,20,22H,4-6,8,10,14-16H2,1-3H3. The van der Waals surface area contributed by atoms with E-state index in [9.17, 15) is 4.79 Å². The first-order chi connectivity index (χ1) is 12.6. The summed E-state index contributed by atoms with van der Waals surface area (Å²) in [5, 5.41) is 3.18. The second-order valence-electron chi connectivity index (χ2n) is 6.86. The van der Waals surface area contributed by atoms with E-state index in [2.05, 4.69) is 34.5 Å². The Labute approximate surface area is 163 Å². The van der Waals surface area contributed by atoms with E-state index in [4.69, 9.17) is 0 Å². The predicted octanol–water partition coefficient (Wildman–Crippen LogP) is 3.85. The molecule has 1 aliphatic heterocycles. The van der Waals surface area contributed by atoms with Gasteiger partial charge in [0.2, 0.25) is 5.91 Å². The van der Waals surface area contributed by atoms with E-state index >= 15 is 0 Å². The van der Waals surface area contributed by atoms with Crippen LogP contribution >= 0.6 is 11.8 Å². The van der Waals surface area contributed by atoms with Crippen LogP contribution < -0.4 is 5.32 Å². The molecule has 26 heavy (non-hydrogen) atoms. The maximum absolute atomic E-state index is 12.3. The van der Waals surface area contributed by atoms with Gasteiger partial charge in [0, 0.05) is 19.3 Å². The zero-order chi connectivity index (χ0) is 18.8. The van der Waals surface area contributed by atoms with E-state index in [-0.39, 0.29) is 11.2 Å². The third-order valence-corrected chi connectivity index (χ3v) is 5.80. The summed E-state index contributed by atoms with van der Waals surface area (Å²) in [5.74, 6) is 0.147. The van der Waals surface area contributed by atoms with E-state index in [1.54, 1.807) is 16.7 Å². The van der Waals surface area contributed by atoms with Gasteiger partial charge < -0.3 is 15.1 Å². The first-order valence-electron chi connectivity index (χ1n) is 9.66. The molecule has 0 radical (unpaired) electrons. The zero-order valence-electron chi connectivity index (χ0n) is 16.4. The Morgan fingerprint density at radius 3 is 2.85 bits per heavy atom. The van der Waals surface area contributed by atoms with Crippen molar-refractivity contribution in [1.82, 2.24) is 9.80 Å². The second-order valence-corrected chi connectivity index (χ2v) is 7.84. The molecular weight excluding hydrogens is 342 g/mol. The number of carbonyl (C=O) groups excluding carboxylic acids is 1. The minimum atomic E-state index is -0.143. The summed E-state index contributed by atoms with van der Waals surface area (Å²) in [4.78, 5) is 16.6. The quantitative estimate of drug-likeness (QED) is 0.674. The second kappa shape index (κ2) is 11.3. The number of hydrogen-bond acceptors (Lipinski definition) is 4. The smallest absolute Gasteiger partial charge is 0.239 e. The lowest BCUT2D eigenvalue weighted by molar-refractivity contribution is -0.128. The Morgan fingerprint density at radius 1 is 1.38 bits per heavy atom. The molecule has 4 nitrogen and oxygen atoms in total. The summed E-state index contributed by atoms with van der Waals surface area (Å²) in [6.45, 7) is 6.48. The number of hydrogen-bond donors (Lipinski definition) is 1. The molecule has 1 unspecified atom stereocenters. The molecule has 0 aromatic heterocycles. The van der Waals surface area contributed by atoms with Crippen LogP contribution in [0.15, 0.2) is 36.5 Å². The number of anilines is 1. The van der Waals surface area contributed by atoms with Crippen molar-refractivity contribution in [3.63, 3.8) is 0 Å². The SMILES string of the molecule is CCN(C)C(=O)C(C=CNc1cccc(CCCN2CCCC2)c1)SC. The highest BCUT2D eigenvalue weighted by molar-refractivity contribution is 8.00. The number of benzene rings is 1. The first kappa shape index (κ1) is 20.8. The largest absolute Gasteiger partial charge is 0.362 e. The topological polar surface area (TPSA) is 35.6 Å². The van der Waals surface area contributed by atoms with Crippen molar-refractivity contribution in [2.45, 2.75) is 37.9 Å². The Hall–Kier alpha value is -1.46. The van der Waals surface area contributed by atoms with E-state index in [1.165, 1.54) is 44.5 Å². The fourth-order valence-corrected chi connectivity index (χ4v) is 3.81. The number of carbonyl (C=O) groups is 1. The lowest BCUT2D eigenvalue weighted by atomic mass is 10.1. The van der Waals surface area contributed by atoms with Gasteiger partial charge in [-0.25, -0.2) is 0 Å². The summed E-state index contributed by atoms with van der Waals surface area (Å²) in [7, 11) is 1.85. The zero-order valence-corrected chi connectivity index (χ0v) is 17.2. The van der Waals surface area contributed by atoms with Crippen LogP contribution in [0.3, 0.4) is 0 Å². The Morgan fingerprint density at radius 2 is 2.15 bits per heavy atom. The van der Waals surface area contributed by atoms with Crippen LogP contribution in [0.5, 0.6) is 0 Å². The molecule has 0 aliphatic carbocycles. The average molecular weight is 376 g/mol. The highest BCUT2D eigenvalue weighted by Gasteiger charge is 2.17. The van der Waals surface area contributed by atoms with Crippen molar-refractivity contribution >= 4 is 23.4 Å². The summed E-state index contributed by atoms with van der Waals surface area (Å²) in [6, 6.07) is 8.58. The lowest BCUT2D eigenvalue weighted by Crippen LogP contribution is -2.33. The van der Waals surface area contributed by atoms with Gasteiger partial charge in [-0.3, -0.25) is 4.79 Å². The fraction of sp³-hybridized carbons (Fsp3) is 0.571. The molecule has 0 bridgehead atoms. The van der Waals surface area contributed by atoms with Crippen LogP contribution in [0, 0.1) is 0 Å². The molecule has 1 aliphatic rings. The van der Waals surface area contributed by atoms with Crippen LogP contribution in [0.1, 0.15) is 31.7 Å². The number of likely N-dealkylation sites (tertiary alicyclic amines) is 1. The molecule has 1 amide bonds. The number of thioether (sulfide) groups is 1. The Balaban J connectivity index is 1.82. The fourth-order valence-electron chi connectivity index (χ4n) is 3.20. The minimum absolute atomic E-state index is 0.143. The minimum Gasteiger partial charge on any atom is -0.362 e. The van der Waals surface area contributed by atoms with Crippen molar-refractivity contribution in [3.05, 3.63) is 42.1 Å². The van der Waals surface area contributed by atoms with Gasteiger partial charge in [-0.1, -0.05) is 12.1 Å². The summed E-state index contributed by atoms with van der Waals surface area (Å²) >= 11 is 1.56. The summed E-state index contributed by atoms with van der Waals surface area (Å²) < 4.78 is 0. The number of aryl methyl sites for hydroxylation is 1. The maximum atomic E-state index is 12.3. The van der Waals surface area contributed by atoms with Crippen molar-refractivity contribution in [2.24, 2.45) is 0 Å². The van der Waals surface area contributed by atoms with Crippen LogP contribution in [0.2, 0.25) is 0 Å². The van der Waals surface area contributed by atoms with Crippen LogP contribution in [-0.2, 0) is 11.2 Å². The van der Waals surface area contributed by atoms with Crippen molar-refractivity contribution in [1.29, 1.82) is 0 Å². The molecule has 1 N–H and O–H groups in total. The van der Waals surface area contributed by atoms with E-state index in [0.29, 0.717) is 0 Å². The average Bonchev–Trinajstić information content (AvgIpc) is 3.18. The molecule has 1 fully saturated rings. The summed E-state index contributed by atoms with van der Waals surface area (Å²) in [6.07, 6.45) is 10.9. The lowest BCUT2D eigenvalue weighted by Gasteiger charge is -2.18. The van der Waals surface area contributed by atoms with Gasteiger partial charge in [0.1, 0.15) is 5.25 Å². The van der Waals surface area contributed by atoms with E-state index in [1.807, 2.05) is 32.5 Å². The molecule has 1 saturated heterocycles. The van der Waals surface area contributed by atoms with Crippen molar-refractivity contribution in [2.75, 3.05) is 44.8 Å². The van der Waals surface area contributed by atoms with Gasteiger partial charge in [-0.15, -0.1) is 11.8 Å². The Kier molecular flexibility index (Phi) is 9.06. The van der Waals surface area contributed by atoms with Gasteiger partial charge in [0.25, 0.3) is 0 Å². The maximum Gasteiger partial charge on any atom is 0.239 e. The third-order valence-electron chi connectivity index (χ3n) is 4.93. The van der Waals surface area contributed by atoms with Crippen LogP contribution in [0.4, 0.5) is 5.69 Å². The van der Waals surface area contributed by atoms with E-state index in [0.717, 1.165) is 18.7 Å². The molecular formula is C21H33N3OS. The molecule has 1 atom stereocenters. The summed E-state index contributed by atoms with van der Waals surface area (Å²) in [5.41, 5.74) is 2.45. The number of amides is 1. The van der Waals surface area contributed by atoms with Gasteiger partial charge in [0.15, 0.2) is 0 Å². The van der Waals surface area contributed by atoms with Gasteiger partial charge in [0.05, 0.1) is 0 Å². The third kappa shape index (κ3) is 6.69. The number of rotatable bonds is 10. The van der Waals surface area contributed by atoms with Crippen molar-refractivity contribution in [3.8, 4) is 0 Å².